The molecule has 0 bridgehead atoms. The summed E-state index contributed by atoms with van der Waals surface area (Å²) in [5, 5.41) is 31.2. The van der Waals surface area contributed by atoms with E-state index in [9.17, 15) is 33.4 Å². The number of methoxy groups -OCH3 is 4. The molecule has 16 nitrogen and oxygen atoms in total. The first-order chi connectivity index (χ1) is 39.1. The predicted octanol–water partition coefficient (Wildman–Crippen LogP) is 12.0. The van der Waals surface area contributed by atoms with Gasteiger partial charge in [-0.2, -0.15) is 0 Å². The fourth-order valence-electron chi connectivity index (χ4n) is 11.5. The molecule has 0 saturated heterocycles. The van der Waals surface area contributed by atoms with Crippen molar-refractivity contribution in [2.45, 2.75) is 84.1 Å². The van der Waals surface area contributed by atoms with Gasteiger partial charge in [0.05, 0.1) is 75.2 Å². The molecule has 0 radical (unpaired) electrons. The van der Waals surface area contributed by atoms with Crippen LogP contribution in [-0.2, 0) is 25.9 Å². The van der Waals surface area contributed by atoms with Gasteiger partial charge in [-0.05, 0) is 112 Å². The molecule has 0 saturated carbocycles. The van der Waals surface area contributed by atoms with E-state index in [-0.39, 0.29) is 86.3 Å². The van der Waals surface area contributed by atoms with E-state index in [2.05, 4.69) is 46.5 Å². The quantitative estimate of drug-likeness (QED) is 0.0379. The van der Waals surface area contributed by atoms with E-state index in [0.717, 1.165) is 21.3 Å². The molecule has 1 aliphatic heterocycles. The predicted molar refractivity (Wildman–Crippen MR) is 310 cm³/mol. The number of nitrogens with zero attached hydrogens (tertiary/aromatic N) is 4. The molecule has 3 aromatic heterocycles. The second kappa shape index (κ2) is 23.2. The summed E-state index contributed by atoms with van der Waals surface area (Å²) < 4.78 is 56.7. The maximum atomic E-state index is 14.3. The number of nitrogens with one attached hydrogen (secondary N) is 1. The Bertz CT molecular complexity index is 3800. The van der Waals surface area contributed by atoms with Crippen LogP contribution in [0.25, 0.3) is 10.9 Å². The topological polar surface area (TPSA) is 222 Å². The number of fused-ring (bicyclic) bond motifs is 4. The first-order valence-corrected chi connectivity index (χ1v) is 28.8. The number of nitrogens with two attached hydrogens (primary N) is 1. The van der Waals surface area contributed by atoms with Gasteiger partial charge >= 0.3 is 0 Å². The van der Waals surface area contributed by atoms with Gasteiger partial charge in [0.2, 0.25) is 17.5 Å². The number of carbonyl (C=O) groups is 3. The number of benzene rings is 5. The van der Waals surface area contributed by atoms with E-state index in [1.54, 1.807) is 80.0 Å². The van der Waals surface area contributed by atoms with Crippen LogP contribution in [0, 0.1) is 17.0 Å². The lowest BCUT2D eigenvalue weighted by Crippen LogP contribution is -2.51. The van der Waals surface area contributed by atoms with E-state index in [1.807, 2.05) is 6.07 Å². The lowest BCUT2D eigenvalue weighted by molar-refractivity contribution is 0.0640. The van der Waals surface area contributed by atoms with Crippen LogP contribution < -0.4 is 29.1 Å². The van der Waals surface area contributed by atoms with Gasteiger partial charge in [-0.3, -0.25) is 39.2 Å². The zero-order chi connectivity index (χ0) is 59.1. The zero-order valence-electron chi connectivity index (χ0n) is 47.2. The summed E-state index contributed by atoms with van der Waals surface area (Å²) in [5.41, 5.74) is 12.7. The second-order valence-electron chi connectivity index (χ2n) is 21.2. The number of aromatic hydroxyl groups is 2. The SMILES string of the molecule is COc1ccc(CN2C(=O)c3c(c(O[Si](C(C)C)(C(C)C)C(C)C)c4ncc(Cc5ccc(F)cc5)cc4c3N)C2=O)c(OC)c1.COc1ccc(Cn2c(O)c3c(c2O)C(=O)c2ncc(Cc4ccc(F)cc4)cc2C3=N)c(OC)c1. The molecule has 8 aromatic rings. The Labute approximate surface area is 474 Å². The largest absolute Gasteiger partial charge is 0.541 e. The Hall–Kier alpha value is -9.10. The van der Waals surface area contributed by atoms with Gasteiger partial charge < -0.3 is 39.3 Å². The zero-order valence-corrected chi connectivity index (χ0v) is 48.2. The molecule has 10 rings (SSSR count). The van der Waals surface area contributed by atoms with Crippen molar-refractivity contribution in [2.75, 3.05) is 34.2 Å². The fourth-order valence-corrected chi connectivity index (χ4v) is 16.7. The van der Waals surface area contributed by atoms with Gasteiger partial charge in [0.15, 0.2) is 0 Å². The highest BCUT2D eigenvalue weighted by molar-refractivity contribution is 6.78. The van der Waals surface area contributed by atoms with Crippen LogP contribution in [-0.4, -0.2) is 89.7 Å². The summed E-state index contributed by atoms with van der Waals surface area (Å²) >= 11 is 0. The van der Waals surface area contributed by atoms with E-state index >= 15 is 0 Å². The average Bonchev–Trinajstić information content (AvgIpc) is 2.00. The monoisotopic (exact) mass is 1130 g/mol. The number of carbonyl (C=O) groups excluding carboxylic acids is 3. The summed E-state index contributed by atoms with van der Waals surface area (Å²) in [6, 6.07) is 26.2. The molecule has 2 aliphatic rings. The molecule has 82 heavy (non-hydrogen) atoms. The Morgan fingerprint density at radius 1 is 0.598 bits per heavy atom. The average molecular weight is 1130 g/mol. The molecule has 1 aliphatic carbocycles. The number of imide groups is 1. The smallest absolute Gasteiger partial charge is 0.265 e. The van der Waals surface area contributed by atoms with Gasteiger partial charge in [-0.15, -0.1) is 0 Å². The molecule has 0 spiro atoms. The van der Waals surface area contributed by atoms with E-state index in [4.69, 9.17) is 39.5 Å². The van der Waals surface area contributed by atoms with Crippen LogP contribution in [0.5, 0.6) is 40.5 Å². The van der Waals surface area contributed by atoms with Crippen molar-refractivity contribution in [3.05, 3.63) is 188 Å². The third-order valence-electron chi connectivity index (χ3n) is 15.5. The van der Waals surface area contributed by atoms with E-state index in [1.165, 1.54) is 56.7 Å². The van der Waals surface area contributed by atoms with E-state index < -0.39 is 37.7 Å². The summed E-state index contributed by atoms with van der Waals surface area (Å²) in [5.74, 6) is -0.652. The minimum Gasteiger partial charge on any atom is -0.541 e. The van der Waals surface area contributed by atoms with Crippen LogP contribution in [0.15, 0.2) is 109 Å². The molecule has 5 aromatic carbocycles. The summed E-state index contributed by atoms with van der Waals surface area (Å²) in [6.45, 7) is 12.9. The number of halogens is 2. The Morgan fingerprint density at radius 3 is 1.60 bits per heavy atom. The fraction of sp³-hybridized carbons (Fsp3) is 0.270. The molecular formula is C63H64F2N6O10Si. The maximum absolute atomic E-state index is 14.3. The maximum Gasteiger partial charge on any atom is 0.265 e. The summed E-state index contributed by atoms with van der Waals surface area (Å²) in [7, 11) is 3.47. The highest BCUT2D eigenvalue weighted by Gasteiger charge is 2.50. The molecule has 0 fully saturated rings. The molecule has 4 heterocycles. The Balaban J connectivity index is 0.000000203. The van der Waals surface area contributed by atoms with Gasteiger partial charge in [-0.1, -0.05) is 65.8 Å². The number of hydrogen-bond acceptors (Lipinski definition) is 14. The van der Waals surface area contributed by atoms with Crippen molar-refractivity contribution in [1.29, 1.82) is 5.41 Å². The van der Waals surface area contributed by atoms with Crippen molar-refractivity contribution >= 4 is 48.2 Å². The number of ketones is 1. The molecule has 424 valence electrons. The van der Waals surface area contributed by atoms with Gasteiger partial charge in [-0.25, -0.2) is 8.78 Å². The number of ether oxygens (including phenoxy) is 4. The summed E-state index contributed by atoms with van der Waals surface area (Å²) in [6.07, 6.45) is 4.16. The lowest BCUT2D eigenvalue weighted by atomic mass is 9.87. The van der Waals surface area contributed by atoms with Crippen molar-refractivity contribution in [3.63, 3.8) is 0 Å². The lowest BCUT2D eigenvalue weighted by Gasteiger charge is -2.42. The van der Waals surface area contributed by atoms with Crippen molar-refractivity contribution in [3.8, 4) is 40.5 Å². The van der Waals surface area contributed by atoms with Crippen LogP contribution in [0.2, 0.25) is 16.6 Å². The minimum atomic E-state index is -2.63. The van der Waals surface area contributed by atoms with Gasteiger partial charge in [0.1, 0.15) is 51.6 Å². The molecule has 5 N–H and O–H groups in total. The first-order valence-electron chi connectivity index (χ1n) is 26.6. The first kappa shape index (κ1) is 57.6. The number of aromatic nitrogens is 3. The normalized spacial score (nSPS) is 12.9. The van der Waals surface area contributed by atoms with Crippen molar-refractivity contribution < 1.29 is 56.8 Å². The molecule has 2 amide bonds. The Morgan fingerprint density at radius 2 is 1.09 bits per heavy atom. The van der Waals surface area contributed by atoms with Crippen molar-refractivity contribution in [2.24, 2.45) is 0 Å². The molecular weight excluding hydrogens is 1070 g/mol. The number of hydrogen-bond donors (Lipinski definition) is 4. The molecule has 0 unspecified atom stereocenters. The molecule has 19 heteroatoms. The van der Waals surface area contributed by atoms with Gasteiger partial charge in [0.25, 0.3) is 20.1 Å². The Kier molecular flexibility index (Phi) is 16.3. The third kappa shape index (κ3) is 10.5. The third-order valence-corrected chi connectivity index (χ3v) is 21.5. The van der Waals surface area contributed by atoms with Crippen LogP contribution in [0.1, 0.15) is 123 Å². The number of rotatable bonds is 17. The molecule has 0 atom stereocenters. The highest BCUT2D eigenvalue weighted by Crippen LogP contribution is 2.49. The summed E-state index contributed by atoms with van der Waals surface area (Å²) in [4.78, 5) is 52.1. The van der Waals surface area contributed by atoms with Gasteiger partial charge in [0, 0.05) is 46.6 Å². The minimum absolute atomic E-state index is 0.0159. The van der Waals surface area contributed by atoms with E-state index in [0.29, 0.717) is 69.2 Å². The number of nitrogen functional groups attached to an aromatic ring is 1. The second-order valence-corrected chi connectivity index (χ2v) is 26.6. The van der Waals surface area contributed by atoms with Crippen LogP contribution in [0.3, 0.4) is 0 Å². The van der Waals surface area contributed by atoms with Crippen LogP contribution in [0.4, 0.5) is 14.5 Å². The number of amides is 2. The highest BCUT2D eigenvalue weighted by atomic mass is 28.4. The number of anilines is 1. The number of pyridine rings is 2. The standard InChI is InChI=1S/C36H42FN3O5Si.C27H22FN3O5/c1-20(2)46(21(3)4,22(5)6)45-34-31-30(35(41)40(36(31)42)19-25-11-14-27(43-7)17-29(25)44-8)32(38)28-16-24(18-39-33(28)34)15-23-9-12-26(37)13-10-23;1-35-18-8-5-16(20(11-18)36-2)13-31-26(33)21-22(27(31)34)25(32)24-19(23(21)29)10-15(12-30-24)9-14-3-6-17(28)7-4-14/h9-14,16-18,20-22H,15,19,38H2,1-8H3;3-8,10-12,29,33-34H,9,13H2,1-2H3. The van der Waals surface area contributed by atoms with Crippen LogP contribution >= 0.6 is 0 Å². The van der Waals surface area contributed by atoms with Crippen molar-refractivity contribution in [1.82, 2.24) is 19.4 Å².